The van der Waals surface area contributed by atoms with Crippen molar-refractivity contribution in [2.24, 2.45) is 0 Å². The maximum absolute atomic E-state index is 13.6. The third-order valence-corrected chi connectivity index (χ3v) is 7.49. The normalized spacial score (nSPS) is 21.3. The van der Waals surface area contributed by atoms with Crippen LogP contribution >= 0.6 is 34.8 Å². The molecule has 2 aliphatic heterocycles. The fraction of sp³-hybridized carbons (Fsp3) is 0.429. The van der Waals surface area contributed by atoms with Crippen LogP contribution in [0.15, 0.2) is 48.5 Å². The van der Waals surface area contributed by atoms with Gasteiger partial charge in [0.2, 0.25) is 11.8 Å². The van der Waals surface area contributed by atoms with E-state index in [0.29, 0.717) is 41.2 Å². The largest absolute Gasteiger partial charge is 0.351 e. The van der Waals surface area contributed by atoms with Gasteiger partial charge >= 0.3 is 0 Å². The van der Waals surface area contributed by atoms with Crippen LogP contribution in [0.1, 0.15) is 36.8 Å². The summed E-state index contributed by atoms with van der Waals surface area (Å²) in [7, 11) is 0. The molecule has 0 aliphatic carbocycles. The highest BCUT2D eigenvalue weighted by atomic mass is 35.5. The number of nitrogens with zero attached hydrogens (tertiary/aromatic N) is 2. The Bertz CT molecular complexity index is 1080. The minimum Gasteiger partial charge on any atom is -0.351 e. The molecule has 2 fully saturated rings. The Morgan fingerprint density at radius 2 is 1.68 bits per heavy atom. The summed E-state index contributed by atoms with van der Waals surface area (Å²) >= 11 is 18.3. The first-order valence-electron chi connectivity index (χ1n) is 12.8. The monoisotopic (exact) mass is 562 g/mol. The molecule has 2 amide bonds. The Morgan fingerprint density at radius 1 is 0.973 bits per heavy atom. The summed E-state index contributed by atoms with van der Waals surface area (Å²) in [5.41, 5.74) is 1.80. The van der Waals surface area contributed by atoms with Crippen LogP contribution < -0.4 is 10.6 Å². The van der Waals surface area contributed by atoms with Gasteiger partial charge in [-0.1, -0.05) is 53.4 Å². The molecule has 2 atom stereocenters. The van der Waals surface area contributed by atoms with E-state index in [0.717, 1.165) is 43.5 Å². The Morgan fingerprint density at radius 3 is 2.38 bits per heavy atom. The number of amides is 2. The fourth-order valence-corrected chi connectivity index (χ4v) is 5.58. The molecule has 0 radical (unpaired) electrons. The zero-order chi connectivity index (χ0) is 26.2. The predicted molar refractivity (Wildman–Crippen MR) is 151 cm³/mol. The fourth-order valence-electron chi connectivity index (χ4n) is 4.88. The average molecular weight is 564 g/mol. The van der Waals surface area contributed by atoms with Crippen molar-refractivity contribution in [2.45, 2.75) is 44.3 Å². The molecule has 37 heavy (non-hydrogen) atoms. The molecule has 0 saturated carbocycles. The van der Waals surface area contributed by atoms with Crippen molar-refractivity contribution < 1.29 is 9.59 Å². The number of carbonyl (C=O) groups excluding carboxylic acids is 2. The number of hydrogen-bond acceptors (Lipinski definition) is 4. The molecule has 9 heteroatoms. The predicted octanol–water partition coefficient (Wildman–Crippen LogP) is 5.02. The van der Waals surface area contributed by atoms with Crippen molar-refractivity contribution in [3.05, 3.63) is 74.7 Å². The standard InChI is InChI=1S/C28H33Cl3N4O2/c29-22-7-4-20(5-8-22)6-9-27(36)32-17-25-10-13-35(18-21-14-23(30)16-24(31)15-21)28(37)26(33-25)19-34-11-2-1-3-12-34/h4-9,14-16,25-26,33H,1-3,10-13,17-19H2,(H,32,36). The van der Waals surface area contributed by atoms with Gasteiger partial charge in [0.15, 0.2) is 0 Å². The first-order valence-corrected chi connectivity index (χ1v) is 13.9. The van der Waals surface area contributed by atoms with Gasteiger partial charge in [-0.3, -0.25) is 9.59 Å². The summed E-state index contributed by atoms with van der Waals surface area (Å²) in [6.07, 6.45) is 7.55. The second kappa shape index (κ2) is 13.6. The Balaban J connectivity index is 1.40. The lowest BCUT2D eigenvalue weighted by atomic mass is 10.1. The van der Waals surface area contributed by atoms with Crippen LogP contribution in [-0.4, -0.2) is 66.4 Å². The van der Waals surface area contributed by atoms with E-state index < -0.39 is 0 Å². The van der Waals surface area contributed by atoms with Gasteiger partial charge in [-0.15, -0.1) is 0 Å². The molecule has 0 bridgehead atoms. The van der Waals surface area contributed by atoms with Gasteiger partial charge in [-0.2, -0.15) is 0 Å². The summed E-state index contributed by atoms with van der Waals surface area (Å²) < 4.78 is 0. The van der Waals surface area contributed by atoms with Crippen molar-refractivity contribution in [3.8, 4) is 0 Å². The van der Waals surface area contributed by atoms with Crippen LogP contribution in [0.4, 0.5) is 0 Å². The summed E-state index contributed by atoms with van der Waals surface area (Å²) in [5, 5.41) is 8.30. The summed E-state index contributed by atoms with van der Waals surface area (Å²) in [5.74, 6) is -0.108. The van der Waals surface area contributed by atoms with Crippen molar-refractivity contribution in [1.82, 2.24) is 20.4 Å². The molecule has 2 aromatic carbocycles. The first kappa shape index (κ1) is 27.9. The number of benzene rings is 2. The Hall–Kier alpha value is -2.09. The molecule has 2 heterocycles. The van der Waals surface area contributed by atoms with Gasteiger partial charge in [-0.05, 0) is 79.9 Å². The maximum Gasteiger partial charge on any atom is 0.244 e. The number of carbonyl (C=O) groups is 2. The highest BCUT2D eigenvalue weighted by molar-refractivity contribution is 6.34. The lowest BCUT2D eigenvalue weighted by Gasteiger charge is -2.32. The molecule has 2 saturated heterocycles. The van der Waals surface area contributed by atoms with Gasteiger partial charge in [0.05, 0.1) is 6.04 Å². The van der Waals surface area contributed by atoms with Crippen molar-refractivity contribution in [2.75, 3.05) is 32.7 Å². The van der Waals surface area contributed by atoms with Crippen LogP contribution in [-0.2, 0) is 16.1 Å². The van der Waals surface area contributed by atoms with Gasteiger partial charge < -0.3 is 20.4 Å². The molecule has 2 N–H and O–H groups in total. The number of halogens is 3. The molecule has 4 rings (SSSR count). The van der Waals surface area contributed by atoms with Crippen LogP contribution in [0, 0.1) is 0 Å². The molecule has 0 spiro atoms. The number of rotatable bonds is 8. The van der Waals surface area contributed by atoms with Gasteiger partial charge in [-0.25, -0.2) is 0 Å². The van der Waals surface area contributed by atoms with Crippen molar-refractivity contribution in [3.63, 3.8) is 0 Å². The molecule has 6 nitrogen and oxygen atoms in total. The van der Waals surface area contributed by atoms with E-state index in [4.69, 9.17) is 34.8 Å². The average Bonchev–Trinajstić information content (AvgIpc) is 3.01. The third-order valence-electron chi connectivity index (χ3n) is 6.80. The lowest BCUT2D eigenvalue weighted by molar-refractivity contribution is -0.133. The topological polar surface area (TPSA) is 64.7 Å². The molecule has 0 aromatic heterocycles. The molecule has 2 aromatic rings. The number of nitrogens with one attached hydrogen (secondary N) is 2. The second-order valence-electron chi connectivity index (χ2n) is 9.73. The highest BCUT2D eigenvalue weighted by Gasteiger charge is 2.32. The van der Waals surface area contributed by atoms with E-state index in [1.54, 1.807) is 24.3 Å². The van der Waals surface area contributed by atoms with Gasteiger partial charge in [0.25, 0.3) is 0 Å². The highest BCUT2D eigenvalue weighted by Crippen LogP contribution is 2.22. The Kier molecular flexibility index (Phi) is 10.3. The molecule has 2 unspecified atom stereocenters. The Labute approximate surface area is 233 Å². The van der Waals surface area contributed by atoms with Crippen LogP contribution in [0.25, 0.3) is 6.08 Å². The van der Waals surface area contributed by atoms with Crippen molar-refractivity contribution in [1.29, 1.82) is 0 Å². The summed E-state index contributed by atoms with van der Waals surface area (Å²) in [4.78, 5) is 30.4. The van der Waals surface area contributed by atoms with E-state index in [-0.39, 0.29) is 23.9 Å². The van der Waals surface area contributed by atoms with E-state index in [2.05, 4.69) is 15.5 Å². The minimum atomic E-state index is -0.346. The van der Waals surface area contributed by atoms with E-state index in [1.807, 2.05) is 29.2 Å². The first-order chi connectivity index (χ1) is 17.9. The minimum absolute atomic E-state index is 0.0282. The zero-order valence-electron chi connectivity index (χ0n) is 20.8. The summed E-state index contributed by atoms with van der Waals surface area (Å²) in [6.45, 7) is 4.13. The van der Waals surface area contributed by atoms with Crippen LogP contribution in [0.2, 0.25) is 15.1 Å². The molecule has 198 valence electrons. The van der Waals surface area contributed by atoms with Crippen LogP contribution in [0.3, 0.4) is 0 Å². The second-order valence-corrected chi connectivity index (χ2v) is 11.0. The van der Waals surface area contributed by atoms with Gasteiger partial charge in [0, 0.05) is 53.4 Å². The SMILES string of the molecule is O=C(C=Cc1ccc(Cl)cc1)NCC1CCN(Cc2cc(Cl)cc(Cl)c2)C(=O)C(CN2CCCCC2)N1. The van der Waals surface area contributed by atoms with Gasteiger partial charge in [0.1, 0.15) is 0 Å². The quantitative estimate of drug-likeness (QED) is 0.443. The van der Waals surface area contributed by atoms with E-state index in [9.17, 15) is 9.59 Å². The summed E-state index contributed by atoms with van der Waals surface area (Å²) in [6, 6.07) is 12.3. The van der Waals surface area contributed by atoms with Crippen LogP contribution in [0.5, 0.6) is 0 Å². The third kappa shape index (κ3) is 8.72. The van der Waals surface area contributed by atoms with E-state index in [1.165, 1.54) is 12.5 Å². The lowest BCUT2D eigenvalue weighted by Crippen LogP contribution is -2.54. The molecular formula is C28H33Cl3N4O2. The smallest absolute Gasteiger partial charge is 0.244 e. The number of likely N-dealkylation sites (tertiary alicyclic amines) is 1. The van der Waals surface area contributed by atoms with Crippen molar-refractivity contribution >= 4 is 52.7 Å². The molecular weight excluding hydrogens is 531 g/mol. The van der Waals surface area contributed by atoms with E-state index >= 15 is 0 Å². The molecule has 2 aliphatic rings. The number of piperidine rings is 1. The zero-order valence-corrected chi connectivity index (χ0v) is 23.0. The number of hydrogen-bond donors (Lipinski definition) is 2. The maximum atomic E-state index is 13.6.